The molecular weight excluding hydrogens is 400 g/mol. The first-order chi connectivity index (χ1) is 14.5. The lowest BCUT2D eigenvalue weighted by Gasteiger charge is -2.32. The smallest absolute Gasteiger partial charge is 0.274 e. The van der Waals surface area contributed by atoms with Gasteiger partial charge in [0, 0.05) is 11.3 Å². The average Bonchev–Trinajstić information content (AvgIpc) is 3.12. The Bertz CT molecular complexity index is 1260. The van der Waals surface area contributed by atoms with Crippen LogP contribution in [0.1, 0.15) is 11.1 Å². The number of fused-ring (bicyclic) bond motifs is 2. The Labute approximate surface area is 174 Å². The van der Waals surface area contributed by atoms with Gasteiger partial charge in [0.25, 0.3) is 10.8 Å². The van der Waals surface area contributed by atoms with Crippen molar-refractivity contribution in [3.8, 4) is 0 Å². The van der Waals surface area contributed by atoms with Crippen LogP contribution in [0.3, 0.4) is 0 Å². The Morgan fingerprint density at radius 1 is 0.800 bits per heavy atom. The molecule has 0 aromatic heterocycles. The van der Waals surface area contributed by atoms with Crippen molar-refractivity contribution < 1.29 is 18.0 Å². The second kappa shape index (κ2) is 6.53. The fraction of sp³-hybridized carbons (Fsp3) is 0.130. The van der Waals surface area contributed by atoms with Crippen molar-refractivity contribution in [2.45, 2.75) is 11.4 Å². The topological polar surface area (TPSA) is 74.8 Å². The Balaban J connectivity index is 1.76. The van der Waals surface area contributed by atoms with Crippen LogP contribution in [0.4, 0.5) is 11.4 Å². The minimum absolute atomic E-state index is 0.213. The molecule has 0 bridgehead atoms. The molecule has 5 rings (SSSR count). The largest absolute Gasteiger partial charge is 0.304 e. The van der Waals surface area contributed by atoms with Crippen LogP contribution in [-0.2, 0) is 30.8 Å². The van der Waals surface area contributed by atoms with Crippen molar-refractivity contribution in [2.75, 3.05) is 15.6 Å². The highest BCUT2D eigenvalue weighted by molar-refractivity contribution is 7.94. The number of sulfone groups is 1. The Morgan fingerprint density at radius 3 is 2.10 bits per heavy atom. The maximum atomic E-state index is 13.9. The minimum atomic E-state index is -4.14. The summed E-state index contributed by atoms with van der Waals surface area (Å²) in [5, 5.41) is 0. The molecule has 2 aliphatic rings. The van der Waals surface area contributed by atoms with Gasteiger partial charge in [0.1, 0.15) is 5.75 Å². The highest BCUT2D eigenvalue weighted by atomic mass is 32.2. The number of hydrogen-bond donors (Lipinski definition) is 0. The Morgan fingerprint density at radius 2 is 1.40 bits per heavy atom. The summed E-state index contributed by atoms with van der Waals surface area (Å²) in [6.07, 6.45) is 0. The van der Waals surface area contributed by atoms with Gasteiger partial charge >= 0.3 is 0 Å². The van der Waals surface area contributed by atoms with E-state index in [9.17, 15) is 18.0 Å². The van der Waals surface area contributed by atoms with Gasteiger partial charge in [0.2, 0.25) is 5.91 Å². The second-order valence-corrected chi connectivity index (χ2v) is 9.47. The van der Waals surface area contributed by atoms with E-state index < -0.39 is 32.3 Å². The van der Waals surface area contributed by atoms with E-state index in [0.29, 0.717) is 16.9 Å². The molecule has 6 nitrogen and oxygen atoms in total. The standard InChI is InChI=1S/C23H18N2O4S/c26-21-16-30(28,29)23(25(21)18-11-5-2-6-12-18)19-13-7-8-14-20(19)24(22(23)27)15-17-9-3-1-4-10-17/h1-14H,15-16H2. The van der Waals surface area contributed by atoms with E-state index in [0.717, 1.165) is 10.5 Å². The molecule has 0 saturated carbocycles. The lowest BCUT2D eigenvalue weighted by atomic mass is 10.0. The zero-order valence-electron chi connectivity index (χ0n) is 15.9. The summed E-state index contributed by atoms with van der Waals surface area (Å²) < 4.78 is 26.9. The fourth-order valence-corrected chi connectivity index (χ4v) is 6.42. The molecule has 0 radical (unpaired) electrons. The van der Waals surface area contributed by atoms with Crippen LogP contribution in [-0.4, -0.2) is 26.0 Å². The van der Waals surface area contributed by atoms with Crippen molar-refractivity contribution in [3.05, 3.63) is 96.1 Å². The monoisotopic (exact) mass is 418 g/mol. The van der Waals surface area contributed by atoms with Gasteiger partial charge in [-0.2, -0.15) is 0 Å². The molecule has 1 atom stereocenters. The van der Waals surface area contributed by atoms with Crippen LogP contribution >= 0.6 is 0 Å². The lowest BCUT2D eigenvalue weighted by Crippen LogP contribution is -2.54. The SMILES string of the molecule is O=C1CS(=O)(=O)C2(C(=O)N(Cc3ccccc3)c3ccccc32)N1c1ccccc1. The molecule has 1 unspecified atom stereocenters. The quantitative estimate of drug-likeness (QED) is 0.656. The van der Waals surface area contributed by atoms with Crippen LogP contribution in [0.15, 0.2) is 84.9 Å². The third kappa shape index (κ3) is 2.39. The summed E-state index contributed by atoms with van der Waals surface area (Å²) in [7, 11) is -4.14. The number of hydrogen-bond acceptors (Lipinski definition) is 4. The minimum Gasteiger partial charge on any atom is -0.304 e. The molecule has 1 saturated heterocycles. The molecule has 0 N–H and O–H groups in total. The molecule has 2 heterocycles. The van der Waals surface area contributed by atoms with Gasteiger partial charge in [0.15, 0.2) is 9.84 Å². The fourth-order valence-electron chi connectivity index (χ4n) is 4.39. The van der Waals surface area contributed by atoms with Gasteiger partial charge < -0.3 is 4.90 Å². The van der Waals surface area contributed by atoms with Crippen LogP contribution < -0.4 is 9.80 Å². The molecule has 3 aromatic carbocycles. The Kier molecular flexibility index (Phi) is 4.04. The molecule has 0 aliphatic carbocycles. The van der Waals surface area contributed by atoms with Crippen molar-refractivity contribution >= 4 is 33.0 Å². The summed E-state index contributed by atoms with van der Waals surface area (Å²) in [6, 6.07) is 24.7. The number of benzene rings is 3. The summed E-state index contributed by atoms with van der Waals surface area (Å²) >= 11 is 0. The number of rotatable bonds is 3. The molecule has 7 heteroatoms. The summed E-state index contributed by atoms with van der Waals surface area (Å²) in [5.74, 6) is -1.94. The van der Waals surface area contributed by atoms with E-state index in [2.05, 4.69) is 0 Å². The van der Waals surface area contributed by atoms with Crippen molar-refractivity contribution in [1.29, 1.82) is 0 Å². The number of amides is 2. The van der Waals surface area contributed by atoms with E-state index in [1.54, 1.807) is 54.6 Å². The maximum Gasteiger partial charge on any atom is 0.274 e. The zero-order valence-corrected chi connectivity index (χ0v) is 16.7. The van der Waals surface area contributed by atoms with E-state index >= 15 is 0 Å². The molecule has 150 valence electrons. The number of nitrogens with zero attached hydrogens (tertiary/aromatic N) is 2. The van der Waals surface area contributed by atoms with E-state index in [1.165, 1.54) is 4.90 Å². The van der Waals surface area contributed by atoms with Crippen molar-refractivity contribution in [2.24, 2.45) is 0 Å². The van der Waals surface area contributed by atoms with Crippen LogP contribution in [0.5, 0.6) is 0 Å². The molecule has 2 aliphatic heterocycles. The summed E-state index contributed by atoms with van der Waals surface area (Å²) in [4.78, 5) is 27.4. The third-order valence-corrected chi connectivity index (χ3v) is 7.73. The highest BCUT2D eigenvalue weighted by Crippen LogP contribution is 2.52. The Hall–Kier alpha value is -3.45. The van der Waals surface area contributed by atoms with Crippen LogP contribution in [0, 0.1) is 0 Å². The normalized spacial score (nSPS) is 22.0. The highest BCUT2D eigenvalue weighted by Gasteiger charge is 2.69. The van der Waals surface area contributed by atoms with Gasteiger partial charge in [-0.3, -0.25) is 14.5 Å². The summed E-state index contributed by atoms with van der Waals surface area (Å²) in [5.41, 5.74) is 2.07. The molecule has 2 amide bonds. The molecule has 3 aromatic rings. The number of carbonyl (C=O) groups is 2. The van der Waals surface area contributed by atoms with Crippen LogP contribution in [0.25, 0.3) is 0 Å². The first kappa shape index (κ1) is 18.6. The maximum absolute atomic E-state index is 13.9. The first-order valence-electron chi connectivity index (χ1n) is 9.52. The lowest BCUT2D eigenvalue weighted by molar-refractivity contribution is -0.123. The first-order valence-corrected chi connectivity index (χ1v) is 11.2. The average molecular weight is 418 g/mol. The van der Waals surface area contributed by atoms with Gasteiger partial charge in [-0.25, -0.2) is 8.42 Å². The predicted molar refractivity (Wildman–Crippen MR) is 113 cm³/mol. The summed E-state index contributed by atoms with van der Waals surface area (Å²) in [6.45, 7) is 0.213. The van der Waals surface area contributed by atoms with E-state index in [-0.39, 0.29) is 6.54 Å². The van der Waals surface area contributed by atoms with E-state index in [4.69, 9.17) is 0 Å². The van der Waals surface area contributed by atoms with Crippen LogP contribution in [0.2, 0.25) is 0 Å². The molecule has 1 fully saturated rings. The molecule has 30 heavy (non-hydrogen) atoms. The van der Waals surface area contributed by atoms with Gasteiger partial charge in [-0.05, 0) is 23.8 Å². The van der Waals surface area contributed by atoms with Gasteiger partial charge in [0.05, 0.1) is 12.2 Å². The predicted octanol–water partition coefficient (Wildman–Crippen LogP) is 2.85. The second-order valence-electron chi connectivity index (χ2n) is 7.36. The molecule has 1 spiro atoms. The van der Waals surface area contributed by atoms with Gasteiger partial charge in [-0.1, -0.05) is 66.7 Å². The third-order valence-electron chi connectivity index (χ3n) is 5.62. The number of carbonyl (C=O) groups excluding carboxylic acids is 2. The number of para-hydroxylation sites is 2. The molecular formula is C23H18N2O4S. The van der Waals surface area contributed by atoms with Crippen molar-refractivity contribution in [3.63, 3.8) is 0 Å². The van der Waals surface area contributed by atoms with E-state index in [1.807, 2.05) is 30.3 Å². The van der Waals surface area contributed by atoms with Crippen molar-refractivity contribution in [1.82, 2.24) is 0 Å². The number of anilines is 2. The zero-order chi connectivity index (χ0) is 20.9. The van der Waals surface area contributed by atoms with Gasteiger partial charge in [-0.15, -0.1) is 0 Å².